The number of nitrogens with zero attached hydrogens (tertiary/aromatic N) is 2. The Balaban J connectivity index is 2.30. The van der Waals surface area contributed by atoms with Crippen molar-refractivity contribution >= 4 is 28.7 Å². The Hall–Kier alpha value is -1.75. The smallest absolute Gasteiger partial charge is 0.332 e. The third-order valence-electron chi connectivity index (χ3n) is 2.60. The molecule has 1 heterocycles. The van der Waals surface area contributed by atoms with Crippen LogP contribution in [0.1, 0.15) is 0 Å². The minimum Gasteiger partial charge on any atom is -0.495 e. The van der Waals surface area contributed by atoms with Gasteiger partial charge in [0.05, 0.1) is 12.8 Å². The van der Waals surface area contributed by atoms with Gasteiger partial charge in [0.1, 0.15) is 5.75 Å². The molecule has 1 aliphatic rings. The van der Waals surface area contributed by atoms with E-state index in [9.17, 15) is 9.59 Å². The van der Waals surface area contributed by atoms with Gasteiger partial charge in [-0.15, -0.1) is 0 Å². The summed E-state index contributed by atoms with van der Waals surface area (Å²) in [6, 6.07) is 6.71. The first kappa shape index (κ1) is 11.7. The van der Waals surface area contributed by atoms with Crippen LogP contribution in [0.4, 0.5) is 15.3 Å². The first-order valence-corrected chi connectivity index (χ1v) is 5.44. The van der Waals surface area contributed by atoms with E-state index >= 15 is 0 Å². The van der Waals surface area contributed by atoms with E-state index in [0.717, 1.165) is 4.90 Å². The fourth-order valence-electron chi connectivity index (χ4n) is 1.78. The van der Waals surface area contributed by atoms with Crippen molar-refractivity contribution in [3.05, 3.63) is 24.3 Å². The number of methoxy groups -OCH3 is 1. The highest BCUT2D eigenvalue weighted by molar-refractivity contribution is 6.64. The molecule has 0 N–H and O–H groups in total. The molecule has 0 atom stereocenters. The summed E-state index contributed by atoms with van der Waals surface area (Å²) < 4.78 is 5.17. The highest BCUT2D eigenvalue weighted by Crippen LogP contribution is 2.30. The summed E-state index contributed by atoms with van der Waals surface area (Å²) in [4.78, 5) is 25.4. The second-order valence-corrected chi connectivity index (χ2v) is 3.83. The quantitative estimate of drug-likeness (QED) is 0.601. The molecule has 1 aromatic rings. The van der Waals surface area contributed by atoms with E-state index in [0.29, 0.717) is 24.5 Å². The average Bonchev–Trinajstić information content (AvgIpc) is 2.71. The Kier molecular flexibility index (Phi) is 3.19. The van der Waals surface area contributed by atoms with Crippen molar-refractivity contribution in [3.63, 3.8) is 0 Å². The van der Waals surface area contributed by atoms with Crippen LogP contribution in [0.3, 0.4) is 0 Å². The number of urea groups is 1. The SMILES string of the molecule is COc1ccccc1N1CCN(C(=O)Cl)C1=O. The molecule has 0 spiro atoms. The van der Waals surface area contributed by atoms with Crippen molar-refractivity contribution < 1.29 is 14.3 Å². The zero-order valence-corrected chi connectivity index (χ0v) is 9.98. The van der Waals surface area contributed by atoms with Crippen LogP contribution in [0.25, 0.3) is 0 Å². The summed E-state index contributed by atoms with van der Waals surface area (Å²) in [5.74, 6) is 0.588. The van der Waals surface area contributed by atoms with Gasteiger partial charge < -0.3 is 4.74 Å². The number of carbonyl (C=O) groups excluding carboxylic acids is 2. The Morgan fingerprint density at radius 3 is 2.65 bits per heavy atom. The van der Waals surface area contributed by atoms with Crippen LogP contribution in [0.5, 0.6) is 5.75 Å². The molecular weight excluding hydrogens is 244 g/mol. The second-order valence-electron chi connectivity index (χ2n) is 3.51. The minimum absolute atomic E-state index is 0.291. The number of benzene rings is 1. The molecule has 0 bridgehead atoms. The van der Waals surface area contributed by atoms with E-state index < -0.39 is 11.4 Å². The third kappa shape index (κ3) is 2.06. The number of halogens is 1. The van der Waals surface area contributed by atoms with Crippen LogP contribution in [0.2, 0.25) is 0 Å². The number of hydrogen-bond acceptors (Lipinski definition) is 3. The normalized spacial score (nSPS) is 15.3. The van der Waals surface area contributed by atoms with Gasteiger partial charge in [0, 0.05) is 13.1 Å². The van der Waals surface area contributed by atoms with Gasteiger partial charge >= 0.3 is 11.4 Å². The van der Waals surface area contributed by atoms with Gasteiger partial charge in [-0.2, -0.15) is 0 Å². The van der Waals surface area contributed by atoms with Gasteiger partial charge in [-0.05, 0) is 23.7 Å². The largest absolute Gasteiger partial charge is 0.495 e. The lowest BCUT2D eigenvalue weighted by atomic mass is 10.2. The van der Waals surface area contributed by atoms with Crippen molar-refractivity contribution in [1.82, 2.24) is 4.90 Å². The first-order valence-electron chi connectivity index (χ1n) is 5.06. The molecule has 0 unspecified atom stereocenters. The summed E-state index contributed by atoms with van der Waals surface area (Å²) in [7, 11) is 1.53. The standard InChI is InChI=1S/C11H11ClN2O3/c1-17-9-5-3-2-4-8(9)13-6-7-14(10(12)15)11(13)16/h2-5H,6-7H2,1H3. The molecule has 2 rings (SSSR count). The van der Waals surface area contributed by atoms with E-state index in [1.807, 2.05) is 6.07 Å². The van der Waals surface area contributed by atoms with Crippen LogP contribution < -0.4 is 9.64 Å². The Morgan fingerprint density at radius 2 is 2.06 bits per heavy atom. The molecule has 0 radical (unpaired) electrons. The lowest BCUT2D eigenvalue weighted by molar-refractivity contribution is 0.214. The van der Waals surface area contributed by atoms with Gasteiger partial charge in [0.25, 0.3) is 0 Å². The van der Waals surface area contributed by atoms with Crippen molar-refractivity contribution in [2.45, 2.75) is 0 Å². The maximum atomic E-state index is 11.9. The zero-order valence-electron chi connectivity index (χ0n) is 9.22. The Morgan fingerprint density at radius 1 is 1.35 bits per heavy atom. The molecule has 0 aromatic heterocycles. The summed E-state index contributed by atoms with van der Waals surface area (Å²) in [6.07, 6.45) is 0. The maximum absolute atomic E-state index is 11.9. The molecule has 0 saturated carbocycles. The van der Waals surface area contributed by atoms with Gasteiger partial charge in [-0.3, -0.25) is 9.69 Å². The van der Waals surface area contributed by atoms with Crippen LogP contribution in [-0.2, 0) is 0 Å². The molecule has 0 aliphatic carbocycles. The molecule has 1 aliphatic heterocycles. The molecule has 1 saturated heterocycles. The third-order valence-corrected chi connectivity index (χ3v) is 2.80. The topological polar surface area (TPSA) is 49.9 Å². The fourth-order valence-corrected chi connectivity index (χ4v) is 1.93. The van der Waals surface area contributed by atoms with Crippen LogP contribution in [0, 0.1) is 0 Å². The van der Waals surface area contributed by atoms with Crippen molar-refractivity contribution in [3.8, 4) is 5.75 Å². The van der Waals surface area contributed by atoms with E-state index in [1.54, 1.807) is 18.2 Å². The highest BCUT2D eigenvalue weighted by Gasteiger charge is 2.34. The summed E-state index contributed by atoms with van der Waals surface area (Å²) in [5.41, 5.74) is 0.639. The van der Waals surface area contributed by atoms with Gasteiger partial charge in [-0.1, -0.05) is 12.1 Å². The molecule has 6 heteroatoms. The number of amides is 3. The van der Waals surface area contributed by atoms with E-state index in [4.69, 9.17) is 16.3 Å². The second kappa shape index (κ2) is 4.63. The molecule has 1 fully saturated rings. The number of para-hydroxylation sites is 2. The Labute approximate surface area is 104 Å². The minimum atomic E-state index is -0.757. The Bertz CT molecular complexity index is 464. The first-order chi connectivity index (χ1) is 8.15. The lowest BCUT2D eigenvalue weighted by Gasteiger charge is -2.18. The van der Waals surface area contributed by atoms with Crippen LogP contribution >= 0.6 is 11.6 Å². The summed E-state index contributed by atoms with van der Waals surface area (Å²) in [6.45, 7) is 0.705. The van der Waals surface area contributed by atoms with E-state index in [-0.39, 0.29) is 0 Å². The fraction of sp³-hybridized carbons (Fsp3) is 0.273. The van der Waals surface area contributed by atoms with Crippen LogP contribution in [-0.4, -0.2) is 36.5 Å². The number of hydrogen-bond donors (Lipinski definition) is 0. The van der Waals surface area contributed by atoms with Gasteiger partial charge in [0.2, 0.25) is 0 Å². The van der Waals surface area contributed by atoms with Crippen molar-refractivity contribution in [2.24, 2.45) is 0 Å². The number of ether oxygens (including phenoxy) is 1. The maximum Gasteiger partial charge on any atom is 0.332 e. The van der Waals surface area contributed by atoms with Gasteiger partial charge in [0.15, 0.2) is 0 Å². The summed E-state index contributed by atoms with van der Waals surface area (Å²) in [5, 5.41) is -0.757. The molecular formula is C11H11ClN2O3. The monoisotopic (exact) mass is 254 g/mol. The molecule has 1 aromatic carbocycles. The molecule has 5 nitrogen and oxygen atoms in total. The number of rotatable bonds is 2. The summed E-state index contributed by atoms with van der Waals surface area (Å²) >= 11 is 5.31. The molecule has 90 valence electrons. The number of imide groups is 1. The predicted octanol–water partition coefficient (Wildman–Crippen LogP) is 2.30. The van der Waals surface area contributed by atoms with Crippen LogP contribution in [0.15, 0.2) is 24.3 Å². The van der Waals surface area contributed by atoms with E-state index in [1.165, 1.54) is 12.0 Å². The average molecular weight is 255 g/mol. The number of anilines is 1. The number of carbonyl (C=O) groups is 2. The lowest BCUT2D eigenvalue weighted by Crippen LogP contribution is -2.33. The van der Waals surface area contributed by atoms with Crippen molar-refractivity contribution in [1.29, 1.82) is 0 Å². The molecule has 17 heavy (non-hydrogen) atoms. The molecule has 3 amide bonds. The zero-order chi connectivity index (χ0) is 12.4. The highest BCUT2D eigenvalue weighted by atomic mass is 35.5. The van der Waals surface area contributed by atoms with E-state index in [2.05, 4.69) is 0 Å². The van der Waals surface area contributed by atoms with Gasteiger partial charge in [-0.25, -0.2) is 9.69 Å². The predicted molar refractivity (Wildman–Crippen MR) is 63.7 cm³/mol. The van der Waals surface area contributed by atoms with Crippen molar-refractivity contribution in [2.75, 3.05) is 25.1 Å².